The van der Waals surface area contributed by atoms with Crippen molar-refractivity contribution in [1.82, 2.24) is 20.1 Å². The van der Waals surface area contributed by atoms with Crippen molar-refractivity contribution < 1.29 is 14.3 Å². The van der Waals surface area contributed by atoms with E-state index in [0.717, 1.165) is 15.8 Å². The number of thioether (sulfide) groups is 1. The highest BCUT2D eigenvalue weighted by Crippen LogP contribution is 2.26. The van der Waals surface area contributed by atoms with Crippen molar-refractivity contribution in [3.05, 3.63) is 63.3 Å². The minimum atomic E-state index is -0.346. The van der Waals surface area contributed by atoms with E-state index in [-0.39, 0.29) is 30.0 Å². The van der Waals surface area contributed by atoms with Gasteiger partial charge in [-0.1, -0.05) is 35.5 Å². The van der Waals surface area contributed by atoms with Gasteiger partial charge in [-0.25, -0.2) is 0 Å². The van der Waals surface area contributed by atoms with Crippen LogP contribution < -0.4 is 15.4 Å². The van der Waals surface area contributed by atoms with Crippen molar-refractivity contribution in [2.45, 2.75) is 24.5 Å². The van der Waals surface area contributed by atoms with Crippen LogP contribution in [0, 0.1) is 0 Å². The second-order valence-electron chi connectivity index (χ2n) is 7.18. The standard InChI is InChI=1S/C22H23BrClN5O3S/c1-13(25-19(30)10-14-4-7-16(32-3)8-5-14)21-27-28-22(29(21)2)33-12-20(31)26-15-6-9-17(23)18(24)11-15/h4-9,11,13H,10,12H2,1-3H3,(H,25,30)(H,26,31)/t13-/m1/s1. The summed E-state index contributed by atoms with van der Waals surface area (Å²) in [5.41, 5.74) is 1.49. The van der Waals surface area contributed by atoms with Crippen LogP contribution in [-0.4, -0.2) is 39.4 Å². The summed E-state index contributed by atoms with van der Waals surface area (Å²) < 4.78 is 7.66. The first-order valence-corrected chi connectivity index (χ1v) is 12.1. The number of hydrogen-bond acceptors (Lipinski definition) is 6. The fourth-order valence-electron chi connectivity index (χ4n) is 3.02. The SMILES string of the molecule is COc1ccc(CC(=O)N[C@H](C)c2nnc(SCC(=O)Nc3ccc(Br)c(Cl)c3)n2C)cc1. The highest BCUT2D eigenvalue weighted by atomic mass is 79.9. The third-order valence-corrected chi connectivity index (χ3v) is 6.95. The van der Waals surface area contributed by atoms with Gasteiger partial charge in [-0.3, -0.25) is 9.59 Å². The molecule has 0 saturated heterocycles. The van der Waals surface area contributed by atoms with E-state index < -0.39 is 0 Å². The smallest absolute Gasteiger partial charge is 0.234 e. The lowest BCUT2D eigenvalue weighted by molar-refractivity contribution is -0.121. The average Bonchev–Trinajstić information content (AvgIpc) is 3.15. The van der Waals surface area contributed by atoms with Gasteiger partial charge in [0.2, 0.25) is 11.8 Å². The predicted molar refractivity (Wildman–Crippen MR) is 133 cm³/mol. The number of carbonyl (C=O) groups is 2. The van der Waals surface area contributed by atoms with E-state index in [1.54, 1.807) is 36.9 Å². The first-order chi connectivity index (χ1) is 15.8. The molecule has 0 aliphatic heterocycles. The maximum absolute atomic E-state index is 12.4. The third-order valence-electron chi connectivity index (χ3n) is 4.69. The maximum Gasteiger partial charge on any atom is 0.234 e. The maximum atomic E-state index is 12.4. The molecule has 1 heterocycles. The van der Waals surface area contributed by atoms with Crippen LogP contribution in [-0.2, 0) is 23.1 Å². The Bertz CT molecular complexity index is 1140. The first-order valence-electron chi connectivity index (χ1n) is 9.96. The van der Waals surface area contributed by atoms with Crippen LogP contribution in [0.15, 0.2) is 52.1 Å². The molecular weight excluding hydrogens is 530 g/mol. The number of methoxy groups -OCH3 is 1. The zero-order valence-corrected chi connectivity index (χ0v) is 21.4. The van der Waals surface area contributed by atoms with Crippen molar-refractivity contribution in [2.24, 2.45) is 7.05 Å². The molecule has 174 valence electrons. The molecular formula is C22H23BrClN5O3S. The Hall–Kier alpha value is -2.56. The topological polar surface area (TPSA) is 98.1 Å². The molecule has 0 bridgehead atoms. The second-order valence-corrected chi connectivity index (χ2v) is 9.38. The van der Waals surface area contributed by atoms with Gasteiger partial charge in [-0.15, -0.1) is 10.2 Å². The molecule has 0 aliphatic carbocycles. The van der Waals surface area contributed by atoms with Gasteiger partial charge in [0.25, 0.3) is 0 Å². The summed E-state index contributed by atoms with van der Waals surface area (Å²) in [6.07, 6.45) is 0.244. The Morgan fingerprint density at radius 2 is 1.91 bits per heavy atom. The Balaban J connectivity index is 1.52. The van der Waals surface area contributed by atoms with E-state index >= 15 is 0 Å². The third kappa shape index (κ3) is 6.96. The predicted octanol–water partition coefficient (Wildman–Crippen LogP) is 4.39. The van der Waals surface area contributed by atoms with Gasteiger partial charge >= 0.3 is 0 Å². The van der Waals surface area contributed by atoms with Gasteiger partial charge in [0.1, 0.15) is 5.75 Å². The largest absolute Gasteiger partial charge is 0.497 e. The summed E-state index contributed by atoms with van der Waals surface area (Å²) in [5.74, 6) is 1.17. The van der Waals surface area contributed by atoms with Gasteiger partial charge in [0, 0.05) is 17.2 Å². The monoisotopic (exact) mass is 551 g/mol. The van der Waals surface area contributed by atoms with Crippen LogP contribution in [0.3, 0.4) is 0 Å². The number of carbonyl (C=O) groups excluding carboxylic acids is 2. The van der Waals surface area contributed by atoms with E-state index in [1.165, 1.54) is 11.8 Å². The normalized spacial score (nSPS) is 11.7. The summed E-state index contributed by atoms with van der Waals surface area (Å²) in [4.78, 5) is 24.7. The number of nitrogens with one attached hydrogen (secondary N) is 2. The molecule has 2 amide bonds. The van der Waals surface area contributed by atoms with Crippen molar-refractivity contribution in [2.75, 3.05) is 18.2 Å². The molecule has 0 spiro atoms. The fourth-order valence-corrected chi connectivity index (χ4v) is 4.16. The van der Waals surface area contributed by atoms with E-state index in [4.69, 9.17) is 16.3 Å². The number of benzene rings is 2. The Labute approximate surface area is 209 Å². The van der Waals surface area contributed by atoms with Gasteiger partial charge in [0.15, 0.2) is 11.0 Å². The molecule has 1 atom stereocenters. The first kappa shape index (κ1) is 25.1. The molecule has 2 aromatic carbocycles. The van der Waals surface area contributed by atoms with Gasteiger partial charge < -0.3 is 19.9 Å². The van der Waals surface area contributed by atoms with Gasteiger partial charge in [-0.2, -0.15) is 0 Å². The summed E-state index contributed by atoms with van der Waals surface area (Å²) >= 11 is 10.6. The van der Waals surface area contributed by atoms with Crippen molar-refractivity contribution in [3.8, 4) is 5.75 Å². The number of nitrogens with zero attached hydrogens (tertiary/aromatic N) is 3. The highest BCUT2D eigenvalue weighted by Gasteiger charge is 2.18. The molecule has 0 fully saturated rings. The van der Waals surface area contributed by atoms with Crippen molar-refractivity contribution in [3.63, 3.8) is 0 Å². The van der Waals surface area contributed by atoms with Crippen LogP contribution in [0.1, 0.15) is 24.4 Å². The lowest BCUT2D eigenvalue weighted by Gasteiger charge is -2.14. The van der Waals surface area contributed by atoms with Crippen molar-refractivity contribution in [1.29, 1.82) is 0 Å². The van der Waals surface area contributed by atoms with Crippen LogP contribution in [0.2, 0.25) is 5.02 Å². The highest BCUT2D eigenvalue weighted by molar-refractivity contribution is 9.10. The molecule has 2 N–H and O–H groups in total. The molecule has 3 aromatic rings. The van der Waals surface area contributed by atoms with Gasteiger partial charge in [0.05, 0.1) is 30.3 Å². The van der Waals surface area contributed by atoms with Crippen LogP contribution in [0.25, 0.3) is 0 Å². The molecule has 3 rings (SSSR count). The summed E-state index contributed by atoms with van der Waals surface area (Å²) in [6, 6.07) is 12.2. The zero-order chi connectivity index (χ0) is 24.0. The summed E-state index contributed by atoms with van der Waals surface area (Å²) in [5, 5.41) is 15.2. The van der Waals surface area contributed by atoms with Crippen LogP contribution >= 0.6 is 39.3 Å². The molecule has 1 aromatic heterocycles. The Morgan fingerprint density at radius 1 is 1.18 bits per heavy atom. The van der Waals surface area contributed by atoms with Crippen molar-refractivity contribution >= 4 is 56.8 Å². The molecule has 11 heteroatoms. The number of aromatic nitrogens is 3. The quantitative estimate of drug-likeness (QED) is 0.382. The summed E-state index contributed by atoms with van der Waals surface area (Å²) in [6.45, 7) is 1.84. The van der Waals surface area contributed by atoms with E-state index in [9.17, 15) is 9.59 Å². The number of ether oxygens (including phenoxy) is 1. The Morgan fingerprint density at radius 3 is 2.58 bits per heavy atom. The van der Waals surface area contributed by atoms with Gasteiger partial charge in [-0.05, 0) is 58.7 Å². The average molecular weight is 553 g/mol. The number of anilines is 1. The molecule has 0 radical (unpaired) electrons. The molecule has 0 aliphatic rings. The molecule has 0 saturated carbocycles. The second kappa shape index (κ2) is 11.5. The number of halogens is 2. The van der Waals surface area contributed by atoms with E-state index in [0.29, 0.717) is 21.7 Å². The number of hydrogen-bond donors (Lipinski definition) is 2. The minimum absolute atomic E-state index is 0.127. The zero-order valence-electron chi connectivity index (χ0n) is 18.3. The van der Waals surface area contributed by atoms with E-state index in [2.05, 4.69) is 36.8 Å². The molecule has 33 heavy (non-hydrogen) atoms. The Kier molecular flexibility index (Phi) is 8.76. The summed E-state index contributed by atoms with van der Waals surface area (Å²) in [7, 11) is 3.40. The lowest BCUT2D eigenvalue weighted by Crippen LogP contribution is -2.29. The number of rotatable bonds is 9. The number of amides is 2. The molecule has 8 nitrogen and oxygen atoms in total. The lowest BCUT2D eigenvalue weighted by atomic mass is 10.1. The van der Waals surface area contributed by atoms with Crippen LogP contribution in [0.4, 0.5) is 5.69 Å². The fraction of sp³-hybridized carbons (Fsp3) is 0.273. The van der Waals surface area contributed by atoms with E-state index in [1.807, 2.05) is 31.2 Å². The molecule has 0 unspecified atom stereocenters. The van der Waals surface area contributed by atoms with Crippen LogP contribution in [0.5, 0.6) is 5.75 Å². The minimum Gasteiger partial charge on any atom is -0.497 e.